The summed E-state index contributed by atoms with van der Waals surface area (Å²) >= 11 is 0. The van der Waals surface area contributed by atoms with Crippen molar-refractivity contribution in [3.8, 4) is 12.3 Å². The fourth-order valence-corrected chi connectivity index (χ4v) is 2.10. The largest absolute Gasteiger partial charge is 0.325 e. The van der Waals surface area contributed by atoms with Gasteiger partial charge >= 0.3 is 0 Å². The maximum absolute atomic E-state index is 5.37. The van der Waals surface area contributed by atoms with Gasteiger partial charge in [0.1, 0.15) is 5.82 Å². The maximum atomic E-state index is 5.37. The van der Waals surface area contributed by atoms with Crippen LogP contribution in [0.1, 0.15) is 30.3 Å². The Kier molecular flexibility index (Phi) is 1.63. The molecule has 1 fully saturated rings. The molecular formula is C13H12N2. The minimum absolute atomic E-state index is 0.673. The minimum atomic E-state index is 0.673. The number of hydrogen-bond donors (Lipinski definition) is 0. The second-order valence-corrected chi connectivity index (χ2v) is 4.11. The Balaban J connectivity index is 2.28. The van der Waals surface area contributed by atoms with E-state index >= 15 is 0 Å². The molecule has 1 aromatic heterocycles. The molecule has 15 heavy (non-hydrogen) atoms. The molecule has 0 spiro atoms. The fourth-order valence-electron chi connectivity index (χ4n) is 2.10. The van der Waals surface area contributed by atoms with Gasteiger partial charge in [0, 0.05) is 11.6 Å². The summed E-state index contributed by atoms with van der Waals surface area (Å²) in [4.78, 5) is 4.55. The van der Waals surface area contributed by atoms with E-state index in [1.807, 2.05) is 12.1 Å². The number of aryl methyl sites for hydroxylation is 1. The van der Waals surface area contributed by atoms with Gasteiger partial charge in [0.15, 0.2) is 0 Å². The summed E-state index contributed by atoms with van der Waals surface area (Å²) in [7, 11) is 0. The monoisotopic (exact) mass is 196 g/mol. The van der Waals surface area contributed by atoms with Gasteiger partial charge in [-0.25, -0.2) is 4.98 Å². The molecule has 1 aliphatic carbocycles. The summed E-state index contributed by atoms with van der Waals surface area (Å²) in [5.74, 6) is 3.74. The highest BCUT2D eigenvalue weighted by atomic mass is 15.1. The predicted octanol–water partition coefficient (Wildman–Crippen LogP) is 2.66. The van der Waals surface area contributed by atoms with E-state index in [-0.39, 0.29) is 0 Å². The molecule has 74 valence electrons. The van der Waals surface area contributed by atoms with Gasteiger partial charge in [0.25, 0.3) is 0 Å². The second-order valence-electron chi connectivity index (χ2n) is 4.11. The summed E-state index contributed by atoms with van der Waals surface area (Å²) in [6.07, 6.45) is 7.94. The summed E-state index contributed by atoms with van der Waals surface area (Å²) in [5.41, 5.74) is 3.15. The first-order chi connectivity index (χ1) is 7.29. The zero-order valence-electron chi connectivity index (χ0n) is 8.70. The van der Waals surface area contributed by atoms with Gasteiger partial charge in [0.2, 0.25) is 0 Å². The minimum Gasteiger partial charge on any atom is -0.325 e. The van der Waals surface area contributed by atoms with E-state index in [0.717, 1.165) is 16.9 Å². The third-order valence-electron chi connectivity index (χ3n) is 2.94. The lowest BCUT2D eigenvalue weighted by atomic mass is 10.2. The molecule has 0 amide bonds. The topological polar surface area (TPSA) is 17.8 Å². The normalized spacial score (nSPS) is 15.5. The van der Waals surface area contributed by atoms with Crippen molar-refractivity contribution in [1.29, 1.82) is 0 Å². The van der Waals surface area contributed by atoms with Crippen LogP contribution < -0.4 is 0 Å². The Bertz CT molecular complexity index is 568. The lowest BCUT2D eigenvalue weighted by molar-refractivity contribution is 0.734. The van der Waals surface area contributed by atoms with Crippen LogP contribution in [0.4, 0.5) is 0 Å². The quantitative estimate of drug-likeness (QED) is 0.641. The highest BCUT2D eigenvalue weighted by Gasteiger charge is 2.26. The molecule has 0 bridgehead atoms. The first-order valence-electron chi connectivity index (χ1n) is 5.25. The lowest BCUT2D eigenvalue weighted by Crippen LogP contribution is -1.95. The van der Waals surface area contributed by atoms with Crippen molar-refractivity contribution >= 4 is 11.0 Å². The van der Waals surface area contributed by atoms with E-state index in [1.165, 1.54) is 18.4 Å². The van der Waals surface area contributed by atoms with Crippen molar-refractivity contribution in [3.63, 3.8) is 0 Å². The zero-order chi connectivity index (χ0) is 10.4. The van der Waals surface area contributed by atoms with Crippen molar-refractivity contribution in [2.75, 3.05) is 0 Å². The fraction of sp³-hybridized carbons (Fsp3) is 0.308. The van der Waals surface area contributed by atoms with Crippen molar-refractivity contribution in [2.45, 2.75) is 25.8 Å². The Morgan fingerprint density at radius 1 is 1.47 bits per heavy atom. The van der Waals surface area contributed by atoms with E-state index in [4.69, 9.17) is 6.42 Å². The van der Waals surface area contributed by atoms with Crippen LogP contribution in [0.25, 0.3) is 11.0 Å². The Morgan fingerprint density at radius 2 is 2.27 bits per heavy atom. The van der Waals surface area contributed by atoms with Gasteiger partial charge < -0.3 is 4.57 Å². The SMILES string of the molecule is C#Cc1ccc2c(c1)nc(C)n2C1CC1. The lowest BCUT2D eigenvalue weighted by Gasteiger charge is -2.03. The summed E-state index contributed by atoms with van der Waals surface area (Å²) in [6.45, 7) is 2.06. The number of benzene rings is 1. The number of imidazole rings is 1. The molecule has 2 nitrogen and oxygen atoms in total. The van der Waals surface area contributed by atoms with Gasteiger partial charge in [-0.3, -0.25) is 0 Å². The number of terminal acetylenes is 1. The number of hydrogen-bond acceptors (Lipinski definition) is 1. The summed E-state index contributed by atoms with van der Waals surface area (Å²) in [6, 6.07) is 6.73. The van der Waals surface area contributed by atoms with E-state index in [2.05, 4.69) is 28.5 Å². The third-order valence-corrected chi connectivity index (χ3v) is 2.94. The number of nitrogens with zero attached hydrogens (tertiary/aromatic N) is 2. The average Bonchev–Trinajstić information content (AvgIpc) is 3.00. The Labute approximate surface area is 88.9 Å². The van der Waals surface area contributed by atoms with E-state index in [9.17, 15) is 0 Å². The standard InChI is InChI=1S/C13H12N2/c1-3-10-4-7-13-12(8-10)14-9(2)15(13)11-5-6-11/h1,4,7-8,11H,5-6H2,2H3. The molecule has 1 saturated carbocycles. The first-order valence-corrected chi connectivity index (χ1v) is 5.25. The van der Waals surface area contributed by atoms with Gasteiger partial charge in [-0.2, -0.15) is 0 Å². The van der Waals surface area contributed by atoms with Crippen molar-refractivity contribution < 1.29 is 0 Å². The van der Waals surface area contributed by atoms with Crippen LogP contribution in [0, 0.1) is 19.3 Å². The van der Waals surface area contributed by atoms with Crippen LogP contribution in [0.3, 0.4) is 0 Å². The van der Waals surface area contributed by atoms with E-state index in [1.54, 1.807) is 0 Å². The second kappa shape index (κ2) is 2.87. The van der Waals surface area contributed by atoms with Crippen LogP contribution in [0.15, 0.2) is 18.2 Å². The first kappa shape index (κ1) is 8.55. The molecule has 2 aromatic rings. The van der Waals surface area contributed by atoms with Gasteiger partial charge in [-0.15, -0.1) is 6.42 Å². The molecule has 2 heteroatoms. The number of fused-ring (bicyclic) bond motifs is 1. The van der Waals surface area contributed by atoms with Crippen molar-refractivity contribution in [1.82, 2.24) is 9.55 Å². The van der Waals surface area contributed by atoms with Gasteiger partial charge in [-0.1, -0.05) is 5.92 Å². The highest BCUT2D eigenvalue weighted by molar-refractivity contribution is 5.78. The highest BCUT2D eigenvalue weighted by Crippen LogP contribution is 2.38. The zero-order valence-corrected chi connectivity index (χ0v) is 8.70. The van der Waals surface area contributed by atoms with Gasteiger partial charge in [-0.05, 0) is 38.0 Å². The summed E-state index contributed by atoms with van der Waals surface area (Å²) < 4.78 is 2.33. The molecule has 0 radical (unpaired) electrons. The predicted molar refractivity (Wildman–Crippen MR) is 60.7 cm³/mol. The number of aromatic nitrogens is 2. The summed E-state index contributed by atoms with van der Waals surface area (Å²) in [5, 5.41) is 0. The van der Waals surface area contributed by atoms with Crippen LogP contribution in [0.2, 0.25) is 0 Å². The van der Waals surface area contributed by atoms with Crippen molar-refractivity contribution in [2.24, 2.45) is 0 Å². The molecule has 0 atom stereocenters. The Morgan fingerprint density at radius 3 is 2.93 bits per heavy atom. The smallest absolute Gasteiger partial charge is 0.106 e. The van der Waals surface area contributed by atoms with Crippen LogP contribution >= 0.6 is 0 Å². The molecule has 1 heterocycles. The molecule has 0 saturated heterocycles. The maximum Gasteiger partial charge on any atom is 0.106 e. The Hall–Kier alpha value is -1.75. The average molecular weight is 196 g/mol. The molecule has 0 N–H and O–H groups in total. The molecular weight excluding hydrogens is 184 g/mol. The van der Waals surface area contributed by atoms with E-state index < -0.39 is 0 Å². The van der Waals surface area contributed by atoms with Crippen LogP contribution in [-0.2, 0) is 0 Å². The number of rotatable bonds is 1. The van der Waals surface area contributed by atoms with Crippen LogP contribution in [0.5, 0.6) is 0 Å². The van der Waals surface area contributed by atoms with E-state index in [0.29, 0.717) is 6.04 Å². The molecule has 3 rings (SSSR count). The molecule has 1 aliphatic rings. The van der Waals surface area contributed by atoms with Crippen molar-refractivity contribution in [3.05, 3.63) is 29.6 Å². The molecule has 0 unspecified atom stereocenters. The molecule has 0 aliphatic heterocycles. The molecule has 1 aromatic carbocycles. The van der Waals surface area contributed by atoms with Crippen LogP contribution in [-0.4, -0.2) is 9.55 Å². The third kappa shape index (κ3) is 1.24. The van der Waals surface area contributed by atoms with Gasteiger partial charge in [0.05, 0.1) is 11.0 Å².